The lowest BCUT2D eigenvalue weighted by Crippen LogP contribution is -2.23. The van der Waals surface area contributed by atoms with Gasteiger partial charge in [-0.2, -0.15) is 0 Å². The molecule has 2 aromatic carbocycles. The largest absolute Gasteiger partial charge is 0.707 e. The van der Waals surface area contributed by atoms with Crippen LogP contribution in [0.3, 0.4) is 0 Å². The third-order valence-corrected chi connectivity index (χ3v) is 5.87. The second-order valence-corrected chi connectivity index (χ2v) is 10.1. The van der Waals surface area contributed by atoms with Gasteiger partial charge in [-0.1, -0.05) is 58.9 Å². The van der Waals surface area contributed by atoms with Gasteiger partial charge in [-0.05, 0) is 41.9 Å². The molecule has 2 aromatic rings. The van der Waals surface area contributed by atoms with Gasteiger partial charge in [0.15, 0.2) is 11.5 Å². The van der Waals surface area contributed by atoms with Gasteiger partial charge >= 0.3 is 7.32 Å². The molecule has 6 nitrogen and oxygen atoms in total. The first-order valence-corrected chi connectivity index (χ1v) is 11.1. The van der Waals surface area contributed by atoms with Crippen molar-refractivity contribution >= 4 is 18.9 Å². The van der Waals surface area contributed by atoms with E-state index in [1.165, 1.54) is 5.56 Å². The summed E-state index contributed by atoms with van der Waals surface area (Å²) in [6, 6.07) is 8.47. The fourth-order valence-corrected chi connectivity index (χ4v) is 4.28. The van der Waals surface area contributed by atoms with Crippen molar-refractivity contribution in [3.8, 4) is 11.5 Å². The number of rotatable bonds is 6. The van der Waals surface area contributed by atoms with Gasteiger partial charge < -0.3 is 24.8 Å². The van der Waals surface area contributed by atoms with Crippen LogP contribution in [0.15, 0.2) is 24.3 Å². The molecule has 0 saturated carbocycles. The SMILES string of the molecule is Cc1c(NC(=O)CC(C)(C)C)c(C)c2c(c1OB(O)O)OCC2c1ccc(C(C)C)cc1. The highest BCUT2D eigenvalue weighted by atomic mass is 16.6. The quantitative estimate of drug-likeness (QED) is 0.570. The minimum absolute atomic E-state index is 0.0525. The lowest BCUT2D eigenvalue weighted by Gasteiger charge is -2.23. The van der Waals surface area contributed by atoms with Crippen molar-refractivity contribution in [3.63, 3.8) is 0 Å². The summed E-state index contributed by atoms with van der Waals surface area (Å²) in [5.41, 5.74) is 5.23. The van der Waals surface area contributed by atoms with Gasteiger partial charge in [0.1, 0.15) is 0 Å². The Bertz CT molecular complexity index is 993. The second-order valence-electron chi connectivity index (χ2n) is 10.1. The van der Waals surface area contributed by atoms with Crippen molar-refractivity contribution in [3.05, 3.63) is 52.1 Å². The van der Waals surface area contributed by atoms with E-state index in [-0.39, 0.29) is 23.0 Å². The van der Waals surface area contributed by atoms with E-state index in [4.69, 9.17) is 9.39 Å². The van der Waals surface area contributed by atoms with Crippen molar-refractivity contribution in [2.24, 2.45) is 5.41 Å². The van der Waals surface area contributed by atoms with Crippen LogP contribution in [0, 0.1) is 19.3 Å². The normalized spacial score (nSPS) is 15.4. The summed E-state index contributed by atoms with van der Waals surface area (Å²) < 4.78 is 11.4. The zero-order chi connectivity index (χ0) is 23.8. The van der Waals surface area contributed by atoms with Crippen LogP contribution in [0.2, 0.25) is 0 Å². The molecule has 1 aliphatic heterocycles. The highest BCUT2D eigenvalue weighted by Crippen LogP contribution is 2.51. The van der Waals surface area contributed by atoms with Gasteiger partial charge in [0, 0.05) is 23.5 Å². The molecule has 1 amide bonds. The Labute approximate surface area is 191 Å². The topological polar surface area (TPSA) is 88.0 Å². The number of anilines is 1. The number of nitrogens with one attached hydrogen (secondary N) is 1. The maximum atomic E-state index is 12.7. The van der Waals surface area contributed by atoms with Gasteiger partial charge in [0.05, 0.1) is 12.3 Å². The number of carbonyl (C=O) groups excluding carboxylic acids is 1. The Kier molecular flexibility index (Phi) is 6.91. The van der Waals surface area contributed by atoms with E-state index in [9.17, 15) is 14.8 Å². The third kappa shape index (κ3) is 5.10. The van der Waals surface area contributed by atoms with Crippen molar-refractivity contribution in [1.29, 1.82) is 0 Å². The molecule has 0 radical (unpaired) electrons. The van der Waals surface area contributed by atoms with E-state index in [2.05, 4.69) is 43.4 Å². The van der Waals surface area contributed by atoms with Crippen molar-refractivity contribution in [2.45, 2.75) is 66.7 Å². The highest BCUT2D eigenvalue weighted by molar-refractivity contribution is 6.34. The smallest absolute Gasteiger partial charge is 0.509 e. The highest BCUT2D eigenvalue weighted by Gasteiger charge is 2.35. The van der Waals surface area contributed by atoms with Crippen LogP contribution in [0.1, 0.15) is 80.7 Å². The van der Waals surface area contributed by atoms with Crippen molar-refractivity contribution < 1.29 is 24.2 Å². The Hall–Kier alpha value is -2.51. The molecule has 3 rings (SSSR count). The van der Waals surface area contributed by atoms with Crippen LogP contribution in [-0.4, -0.2) is 29.9 Å². The predicted octanol–water partition coefficient (Wildman–Crippen LogP) is 4.67. The third-order valence-electron chi connectivity index (χ3n) is 5.87. The van der Waals surface area contributed by atoms with E-state index in [1.807, 2.05) is 27.7 Å². The number of benzene rings is 2. The molecule has 0 aliphatic carbocycles. The Morgan fingerprint density at radius 2 is 1.81 bits per heavy atom. The molecule has 1 heterocycles. The first-order valence-electron chi connectivity index (χ1n) is 11.1. The van der Waals surface area contributed by atoms with Gasteiger partial charge in [-0.25, -0.2) is 0 Å². The number of amides is 1. The molecule has 0 aromatic heterocycles. The maximum Gasteiger partial charge on any atom is 0.707 e. The van der Waals surface area contributed by atoms with Gasteiger partial charge in [-0.15, -0.1) is 0 Å². The zero-order valence-corrected chi connectivity index (χ0v) is 20.1. The van der Waals surface area contributed by atoms with Crippen molar-refractivity contribution in [2.75, 3.05) is 11.9 Å². The molecule has 0 bridgehead atoms. The number of carbonyl (C=O) groups is 1. The van der Waals surface area contributed by atoms with E-state index in [0.717, 1.165) is 16.7 Å². The molecular weight excluding hydrogens is 405 g/mol. The van der Waals surface area contributed by atoms with E-state index in [1.54, 1.807) is 6.92 Å². The van der Waals surface area contributed by atoms with Crippen LogP contribution >= 0.6 is 0 Å². The summed E-state index contributed by atoms with van der Waals surface area (Å²) in [4.78, 5) is 12.7. The van der Waals surface area contributed by atoms with Crippen molar-refractivity contribution in [1.82, 2.24) is 0 Å². The molecule has 0 spiro atoms. The van der Waals surface area contributed by atoms with E-state index in [0.29, 0.717) is 35.9 Å². The molecule has 0 saturated heterocycles. The molecular formula is C25H34BNO5. The molecule has 1 aliphatic rings. The Morgan fingerprint density at radius 3 is 2.34 bits per heavy atom. The number of ether oxygens (including phenoxy) is 1. The standard InChI is InChI=1S/C25H34BNO5/c1-14(2)17-8-10-18(11-9-17)19-13-31-24-21(19)15(3)22(16(4)23(24)32-26(29)30)27-20(28)12-25(5,6)7/h8-11,14,19,29-30H,12-13H2,1-7H3,(H,27,28). The lowest BCUT2D eigenvalue weighted by molar-refractivity contribution is -0.117. The van der Waals surface area contributed by atoms with Gasteiger partial charge in [0.25, 0.3) is 0 Å². The molecule has 7 heteroatoms. The Balaban J connectivity index is 2.09. The minimum atomic E-state index is -1.99. The summed E-state index contributed by atoms with van der Waals surface area (Å²) in [5, 5.41) is 22.1. The number of fused-ring (bicyclic) bond motifs is 1. The summed E-state index contributed by atoms with van der Waals surface area (Å²) in [7, 11) is -1.99. The van der Waals surface area contributed by atoms with Crippen LogP contribution in [0.4, 0.5) is 5.69 Å². The first-order chi connectivity index (χ1) is 14.9. The summed E-state index contributed by atoms with van der Waals surface area (Å²) in [6.07, 6.45) is 0.359. The lowest BCUT2D eigenvalue weighted by atomic mass is 9.86. The van der Waals surface area contributed by atoms with Gasteiger partial charge in [-0.3, -0.25) is 4.79 Å². The van der Waals surface area contributed by atoms with Gasteiger partial charge in [0.2, 0.25) is 5.91 Å². The molecule has 0 fully saturated rings. The van der Waals surface area contributed by atoms with Crippen LogP contribution in [0.5, 0.6) is 11.5 Å². The van der Waals surface area contributed by atoms with E-state index < -0.39 is 7.32 Å². The average Bonchev–Trinajstić information content (AvgIpc) is 3.12. The summed E-state index contributed by atoms with van der Waals surface area (Å²) in [5.74, 6) is 1.03. The fourth-order valence-electron chi connectivity index (χ4n) is 4.28. The zero-order valence-electron chi connectivity index (χ0n) is 20.1. The van der Waals surface area contributed by atoms with E-state index >= 15 is 0 Å². The van der Waals surface area contributed by atoms with Crippen LogP contribution in [-0.2, 0) is 4.79 Å². The number of hydrogen-bond donors (Lipinski definition) is 3. The summed E-state index contributed by atoms with van der Waals surface area (Å²) in [6.45, 7) is 14.5. The van der Waals surface area contributed by atoms with Crippen LogP contribution < -0.4 is 14.7 Å². The fraction of sp³-hybridized carbons (Fsp3) is 0.480. The molecule has 1 unspecified atom stereocenters. The average molecular weight is 439 g/mol. The monoisotopic (exact) mass is 439 g/mol. The maximum absolute atomic E-state index is 12.7. The first kappa shape index (κ1) is 24.1. The molecule has 3 N–H and O–H groups in total. The minimum Gasteiger partial charge on any atom is -0.509 e. The van der Waals surface area contributed by atoms with Crippen LogP contribution in [0.25, 0.3) is 0 Å². The summed E-state index contributed by atoms with van der Waals surface area (Å²) >= 11 is 0. The Morgan fingerprint density at radius 1 is 1.19 bits per heavy atom. The predicted molar refractivity (Wildman–Crippen MR) is 127 cm³/mol. The second kappa shape index (κ2) is 9.16. The molecule has 172 valence electrons. The molecule has 32 heavy (non-hydrogen) atoms. The number of hydrogen-bond acceptors (Lipinski definition) is 5. The molecule has 1 atom stereocenters.